The van der Waals surface area contributed by atoms with Crippen LogP contribution in [0.1, 0.15) is 5.56 Å². The molecule has 2 amide bonds. The number of urea groups is 1. The van der Waals surface area contributed by atoms with E-state index in [-0.39, 0.29) is 5.69 Å². The van der Waals surface area contributed by atoms with Gasteiger partial charge in [0.1, 0.15) is 11.5 Å². The number of amides is 2. The Labute approximate surface area is 152 Å². The van der Waals surface area contributed by atoms with Crippen LogP contribution in [0.3, 0.4) is 0 Å². The van der Waals surface area contributed by atoms with Crippen molar-refractivity contribution in [1.82, 2.24) is 4.98 Å². The Balaban J connectivity index is 1.60. The molecule has 3 aromatic rings. The van der Waals surface area contributed by atoms with Crippen molar-refractivity contribution < 1.29 is 22.7 Å². The lowest BCUT2D eigenvalue weighted by molar-refractivity contribution is -0.137. The number of hydrogen-bond donors (Lipinski definition) is 2. The summed E-state index contributed by atoms with van der Waals surface area (Å²) in [4.78, 5) is 15.9. The predicted molar refractivity (Wildman–Crippen MR) is 94.8 cm³/mol. The zero-order chi connectivity index (χ0) is 19.3. The van der Waals surface area contributed by atoms with Crippen LogP contribution >= 0.6 is 0 Å². The number of halogens is 3. The summed E-state index contributed by atoms with van der Waals surface area (Å²) in [5.41, 5.74) is -0.334. The second-order valence-corrected chi connectivity index (χ2v) is 5.47. The van der Waals surface area contributed by atoms with Gasteiger partial charge in [-0.2, -0.15) is 13.2 Å². The summed E-state index contributed by atoms with van der Waals surface area (Å²) >= 11 is 0. The Morgan fingerprint density at radius 3 is 2.15 bits per heavy atom. The van der Waals surface area contributed by atoms with E-state index in [1.165, 1.54) is 12.1 Å². The van der Waals surface area contributed by atoms with Gasteiger partial charge in [-0.1, -0.05) is 6.07 Å². The molecule has 0 spiro atoms. The quantitative estimate of drug-likeness (QED) is 0.631. The summed E-state index contributed by atoms with van der Waals surface area (Å²) in [7, 11) is 0. The Morgan fingerprint density at radius 2 is 1.48 bits per heavy atom. The van der Waals surface area contributed by atoms with Crippen molar-refractivity contribution in [2.75, 3.05) is 10.6 Å². The number of benzene rings is 2. The van der Waals surface area contributed by atoms with E-state index in [2.05, 4.69) is 15.6 Å². The molecule has 0 atom stereocenters. The molecule has 1 heterocycles. The molecule has 0 aliphatic heterocycles. The van der Waals surface area contributed by atoms with E-state index >= 15 is 0 Å². The largest absolute Gasteiger partial charge is 0.457 e. The molecule has 1 aromatic heterocycles. The molecule has 2 N–H and O–H groups in total. The van der Waals surface area contributed by atoms with Gasteiger partial charge in [-0.15, -0.1) is 0 Å². The van der Waals surface area contributed by atoms with Crippen molar-refractivity contribution in [3.8, 4) is 11.5 Å². The number of nitrogens with one attached hydrogen (secondary N) is 2. The number of aromatic nitrogens is 1. The maximum Gasteiger partial charge on any atom is 0.416 e. The number of carbonyl (C=O) groups is 1. The van der Waals surface area contributed by atoms with Gasteiger partial charge in [0.25, 0.3) is 0 Å². The summed E-state index contributed by atoms with van der Waals surface area (Å²) in [5.74, 6) is 1.18. The monoisotopic (exact) mass is 373 g/mol. The van der Waals surface area contributed by atoms with Crippen LogP contribution in [0, 0.1) is 0 Å². The van der Waals surface area contributed by atoms with Crippen LogP contribution in [0.5, 0.6) is 11.5 Å². The second kappa shape index (κ2) is 7.77. The van der Waals surface area contributed by atoms with Gasteiger partial charge in [0.15, 0.2) is 0 Å². The van der Waals surface area contributed by atoms with Crippen LogP contribution in [0.15, 0.2) is 73.1 Å². The lowest BCUT2D eigenvalue weighted by Crippen LogP contribution is -2.19. The maximum absolute atomic E-state index is 12.7. The predicted octanol–water partition coefficient (Wildman–Crippen LogP) is 5.54. The standard InChI is InChI=1S/C19H14F3N3O2/c20-19(21,22)13-2-1-3-15(12-13)25-18(26)24-14-4-6-16(7-5-14)27-17-8-10-23-11-9-17/h1-12H,(H2,24,25,26). The average Bonchev–Trinajstić information content (AvgIpc) is 2.64. The number of pyridine rings is 1. The molecule has 2 aromatic carbocycles. The van der Waals surface area contributed by atoms with E-state index in [9.17, 15) is 18.0 Å². The lowest BCUT2D eigenvalue weighted by atomic mass is 10.2. The van der Waals surface area contributed by atoms with Crippen molar-refractivity contribution in [3.63, 3.8) is 0 Å². The second-order valence-electron chi connectivity index (χ2n) is 5.47. The number of carbonyl (C=O) groups excluding carboxylic acids is 1. The van der Waals surface area contributed by atoms with E-state index in [0.29, 0.717) is 17.2 Å². The highest BCUT2D eigenvalue weighted by Gasteiger charge is 2.30. The molecule has 0 unspecified atom stereocenters. The number of rotatable bonds is 4. The Morgan fingerprint density at radius 1 is 0.852 bits per heavy atom. The zero-order valence-corrected chi connectivity index (χ0v) is 13.8. The van der Waals surface area contributed by atoms with Crippen molar-refractivity contribution >= 4 is 17.4 Å². The molecule has 0 aliphatic carbocycles. The summed E-state index contributed by atoms with van der Waals surface area (Å²) in [6, 6.07) is 13.7. The van der Waals surface area contributed by atoms with Gasteiger partial charge in [0.2, 0.25) is 0 Å². The first-order chi connectivity index (χ1) is 12.9. The first-order valence-corrected chi connectivity index (χ1v) is 7.83. The number of nitrogens with zero attached hydrogens (tertiary/aromatic N) is 1. The molecule has 0 saturated heterocycles. The van der Waals surface area contributed by atoms with Gasteiger partial charge >= 0.3 is 12.2 Å². The molecule has 0 saturated carbocycles. The number of alkyl halides is 3. The molecule has 5 nitrogen and oxygen atoms in total. The van der Waals surface area contributed by atoms with Gasteiger partial charge in [-0.3, -0.25) is 4.98 Å². The van der Waals surface area contributed by atoms with Crippen molar-refractivity contribution in [1.29, 1.82) is 0 Å². The molecular formula is C19H14F3N3O2. The summed E-state index contributed by atoms with van der Waals surface area (Å²) in [5, 5.41) is 4.91. The minimum atomic E-state index is -4.47. The zero-order valence-electron chi connectivity index (χ0n) is 13.8. The topological polar surface area (TPSA) is 63.2 Å². The fourth-order valence-electron chi connectivity index (χ4n) is 2.22. The maximum atomic E-state index is 12.7. The van der Waals surface area contributed by atoms with E-state index in [4.69, 9.17) is 4.74 Å². The Bertz CT molecular complexity index is 913. The molecule has 0 aliphatic rings. The van der Waals surface area contributed by atoms with E-state index in [0.717, 1.165) is 12.1 Å². The SMILES string of the molecule is O=C(Nc1ccc(Oc2ccncc2)cc1)Nc1cccc(C(F)(F)F)c1. The van der Waals surface area contributed by atoms with Crippen LogP contribution in [-0.2, 0) is 6.18 Å². The molecule has 0 radical (unpaired) electrons. The van der Waals surface area contributed by atoms with E-state index in [1.807, 2.05) is 0 Å². The Hall–Kier alpha value is -3.55. The van der Waals surface area contributed by atoms with Gasteiger partial charge < -0.3 is 15.4 Å². The third-order valence-corrected chi connectivity index (χ3v) is 3.45. The van der Waals surface area contributed by atoms with Crippen LogP contribution in [0.25, 0.3) is 0 Å². The van der Waals surface area contributed by atoms with Gasteiger partial charge in [-0.05, 0) is 54.6 Å². The van der Waals surface area contributed by atoms with Crippen molar-refractivity contribution in [3.05, 3.63) is 78.6 Å². The highest BCUT2D eigenvalue weighted by atomic mass is 19.4. The fourth-order valence-corrected chi connectivity index (χ4v) is 2.22. The molecular weight excluding hydrogens is 359 g/mol. The molecule has 27 heavy (non-hydrogen) atoms. The molecule has 138 valence electrons. The highest BCUT2D eigenvalue weighted by molar-refractivity contribution is 5.99. The number of ether oxygens (including phenoxy) is 1. The first-order valence-electron chi connectivity index (χ1n) is 7.83. The number of anilines is 2. The molecule has 3 rings (SSSR count). The molecule has 8 heteroatoms. The van der Waals surface area contributed by atoms with Crippen molar-refractivity contribution in [2.45, 2.75) is 6.18 Å². The third kappa shape index (κ3) is 5.21. The van der Waals surface area contributed by atoms with Gasteiger partial charge in [0.05, 0.1) is 5.56 Å². The molecule has 0 bridgehead atoms. The normalized spacial score (nSPS) is 10.9. The third-order valence-electron chi connectivity index (χ3n) is 3.45. The Kier molecular flexibility index (Phi) is 5.25. The van der Waals surface area contributed by atoms with Crippen LogP contribution in [0.2, 0.25) is 0 Å². The lowest BCUT2D eigenvalue weighted by Gasteiger charge is -2.11. The fraction of sp³-hybridized carbons (Fsp3) is 0.0526. The molecule has 0 fully saturated rings. The first kappa shape index (κ1) is 18.2. The van der Waals surface area contributed by atoms with Gasteiger partial charge in [0, 0.05) is 23.8 Å². The van der Waals surface area contributed by atoms with Crippen molar-refractivity contribution in [2.24, 2.45) is 0 Å². The van der Waals surface area contributed by atoms with E-state index < -0.39 is 17.8 Å². The van der Waals surface area contributed by atoms with E-state index in [1.54, 1.807) is 48.8 Å². The minimum Gasteiger partial charge on any atom is -0.457 e. The highest BCUT2D eigenvalue weighted by Crippen LogP contribution is 2.30. The summed E-state index contributed by atoms with van der Waals surface area (Å²) in [6.45, 7) is 0. The smallest absolute Gasteiger partial charge is 0.416 e. The average molecular weight is 373 g/mol. The van der Waals surface area contributed by atoms with Crippen LogP contribution < -0.4 is 15.4 Å². The number of hydrogen-bond acceptors (Lipinski definition) is 3. The van der Waals surface area contributed by atoms with Crippen LogP contribution in [0.4, 0.5) is 29.3 Å². The summed E-state index contributed by atoms with van der Waals surface area (Å²) in [6.07, 6.45) is -1.27. The van der Waals surface area contributed by atoms with Crippen LogP contribution in [-0.4, -0.2) is 11.0 Å². The summed E-state index contributed by atoms with van der Waals surface area (Å²) < 4.78 is 43.7. The minimum absolute atomic E-state index is 0.0416. The van der Waals surface area contributed by atoms with Gasteiger partial charge in [-0.25, -0.2) is 4.79 Å².